The molecular weight excluding hydrogens is 382 g/mol. The van der Waals surface area contributed by atoms with E-state index in [0.717, 1.165) is 23.7 Å². The summed E-state index contributed by atoms with van der Waals surface area (Å²) in [5, 5.41) is 0. The van der Waals surface area contributed by atoms with Crippen molar-refractivity contribution in [3.05, 3.63) is 27.1 Å². The van der Waals surface area contributed by atoms with Gasteiger partial charge in [0.25, 0.3) is 0 Å². The van der Waals surface area contributed by atoms with Gasteiger partial charge in [0.2, 0.25) is 10.0 Å². The summed E-state index contributed by atoms with van der Waals surface area (Å²) in [5.41, 5.74) is 0. The van der Waals surface area contributed by atoms with Crippen LogP contribution < -0.4 is 0 Å². The summed E-state index contributed by atoms with van der Waals surface area (Å²) in [4.78, 5) is 0.347. The van der Waals surface area contributed by atoms with Crippen LogP contribution in [0.4, 0.5) is 0 Å². The Hall–Kier alpha value is 0.0900. The van der Waals surface area contributed by atoms with E-state index in [0.29, 0.717) is 15.9 Å². The third kappa shape index (κ3) is 2.81. The zero-order valence-electron chi connectivity index (χ0n) is 10.1. The van der Waals surface area contributed by atoms with E-state index in [1.807, 2.05) is 6.92 Å². The van der Waals surface area contributed by atoms with E-state index in [4.69, 9.17) is 0 Å². The van der Waals surface area contributed by atoms with Gasteiger partial charge in [-0.25, -0.2) is 8.42 Å². The fourth-order valence-electron chi connectivity index (χ4n) is 2.24. The summed E-state index contributed by atoms with van der Waals surface area (Å²) in [6.45, 7) is 2.59. The molecule has 6 heteroatoms. The fraction of sp³-hybridized carbons (Fsp3) is 0.500. The van der Waals surface area contributed by atoms with E-state index in [1.54, 1.807) is 22.5 Å². The molecule has 100 valence electrons. The molecule has 0 amide bonds. The number of benzene rings is 1. The first-order valence-corrected chi connectivity index (χ1v) is 8.92. The van der Waals surface area contributed by atoms with Crippen molar-refractivity contribution in [1.29, 1.82) is 0 Å². The molecule has 18 heavy (non-hydrogen) atoms. The van der Waals surface area contributed by atoms with Crippen LogP contribution in [0.2, 0.25) is 0 Å². The van der Waals surface area contributed by atoms with Crippen molar-refractivity contribution >= 4 is 41.9 Å². The van der Waals surface area contributed by atoms with E-state index in [1.165, 1.54) is 0 Å². The Labute approximate surface area is 125 Å². The second-order valence-corrected chi connectivity index (χ2v) is 8.16. The minimum atomic E-state index is -3.39. The Morgan fingerprint density at radius 3 is 2.61 bits per heavy atom. The van der Waals surface area contributed by atoms with Gasteiger partial charge in [0, 0.05) is 21.5 Å². The van der Waals surface area contributed by atoms with Gasteiger partial charge in [-0.15, -0.1) is 0 Å². The molecule has 1 aromatic rings. The lowest BCUT2D eigenvalue weighted by molar-refractivity contribution is 0.268. The highest BCUT2D eigenvalue weighted by molar-refractivity contribution is 9.11. The predicted molar refractivity (Wildman–Crippen MR) is 79.0 cm³/mol. The van der Waals surface area contributed by atoms with Crippen molar-refractivity contribution in [3.63, 3.8) is 0 Å². The second-order valence-electron chi connectivity index (χ2n) is 4.54. The summed E-state index contributed by atoms with van der Waals surface area (Å²) < 4.78 is 28.3. The van der Waals surface area contributed by atoms with Crippen molar-refractivity contribution in [3.8, 4) is 0 Å². The van der Waals surface area contributed by atoms with E-state index >= 15 is 0 Å². The van der Waals surface area contributed by atoms with Gasteiger partial charge in [0.15, 0.2) is 0 Å². The molecule has 0 aromatic heterocycles. The highest BCUT2D eigenvalue weighted by Crippen LogP contribution is 2.31. The number of sulfonamides is 1. The highest BCUT2D eigenvalue weighted by atomic mass is 79.9. The lowest BCUT2D eigenvalue weighted by atomic mass is 10.1. The van der Waals surface area contributed by atoms with Gasteiger partial charge in [-0.3, -0.25) is 0 Å². The number of hydrogen-bond donors (Lipinski definition) is 0. The van der Waals surface area contributed by atoms with Gasteiger partial charge in [-0.1, -0.05) is 22.4 Å². The van der Waals surface area contributed by atoms with Crippen LogP contribution in [-0.2, 0) is 10.0 Å². The molecule has 1 heterocycles. The van der Waals surface area contributed by atoms with Gasteiger partial charge in [-0.05, 0) is 53.9 Å². The Balaban J connectivity index is 2.41. The normalized spacial score (nSPS) is 22.1. The Morgan fingerprint density at radius 2 is 2.00 bits per heavy atom. The largest absolute Gasteiger partial charge is 0.244 e. The maximum absolute atomic E-state index is 12.6. The average molecular weight is 397 g/mol. The van der Waals surface area contributed by atoms with Crippen LogP contribution in [0.15, 0.2) is 32.0 Å². The number of halogens is 2. The van der Waals surface area contributed by atoms with Gasteiger partial charge in [0.1, 0.15) is 0 Å². The van der Waals surface area contributed by atoms with Crippen molar-refractivity contribution < 1.29 is 8.42 Å². The Kier molecular flexibility index (Phi) is 4.52. The van der Waals surface area contributed by atoms with Gasteiger partial charge in [-0.2, -0.15) is 4.31 Å². The molecule has 1 aliphatic rings. The molecule has 1 aliphatic heterocycles. The zero-order valence-corrected chi connectivity index (χ0v) is 14.1. The standard InChI is InChI=1S/C12H15Br2NO2S/c1-9-4-2-3-7-15(9)18(16,17)12-6-5-10(13)8-11(12)14/h5-6,8-9H,2-4,7H2,1H3. The molecule has 1 aromatic carbocycles. The third-order valence-electron chi connectivity index (χ3n) is 3.22. The SMILES string of the molecule is CC1CCCCN1S(=O)(=O)c1ccc(Br)cc1Br. The summed E-state index contributed by atoms with van der Waals surface area (Å²) >= 11 is 6.67. The van der Waals surface area contributed by atoms with Crippen molar-refractivity contribution in [1.82, 2.24) is 4.31 Å². The fourth-order valence-corrected chi connectivity index (χ4v) is 5.65. The maximum Gasteiger partial charge on any atom is 0.244 e. The summed E-state index contributed by atoms with van der Waals surface area (Å²) in [5.74, 6) is 0. The second kappa shape index (κ2) is 5.61. The number of rotatable bonds is 2. The van der Waals surface area contributed by atoms with Crippen molar-refractivity contribution in [2.24, 2.45) is 0 Å². The zero-order chi connectivity index (χ0) is 13.3. The van der Waals surface area contributed by atoms with Crippen LogP contribution in [0.25, 0.3) is 0 Å². The highest BCUT2D eigenvalue weighted by Gasteiger charge is 2.32. The van der Waals surface area contributed by atoms with E-state index < -0.39 is 10.0 Å². The Bertz CT molecular complexity index is 545. The van der Waals surface area contributed by atoms with Gasteiger partial charge >= 0.3 is 0 Å². The lowest BCUT2D eigenvalue weighted by Crippen LogP contribution is -2.42. The van der Waals surface area contributed by atoms with E-state index in [-0.39, 0.29) is 6.04 Å². The summed E-state index contributed by atoms with van der Waals surface area (Å²) in [7, 11) is -3.39. The molecule has 2 rings (SSSR count). The first-order valence-electron chi connectivity index (χ1n) is 5.90. The molecule has 1 atom stereocenters. The molecule has 1 fully saturated rings. The Morgan fingerprint density at radius 1 is 1.28 bits per heavy atom. The minimum Gasteiger partial charge on any atom is -0.207 e. The number of hydrogen-bond acceptors (Lipinski definition) is 2. The van der Waals surface area contributed by atoms with E-state index in [9.17, 15) is 8.42 Å². The first-order chi connectivity index (χ1) is 8.43. The molecule has 3 nitrogen and oxygen atoms in total. The maximum atomic E-state index is 12.6. The average Bonchev–Trinajstić information content (AvgIpc) is 2.28. The van der Waals surface area contributed by atoms with Crippen LogP contribution in [0.5, 0.6) is 0 Å². The first kappa shape index (κ1) is 14.5. The molecule has 0 radical (unpaired) electrons. The van der Waals surface area contributed by atoms with E-state index in [2.05, 4.69) is 31.9 Å². The van der Waals surface area contributed by atoms with Crippen LogP contribution >= 0.6 is 31.9 Å². The van der Waals surface area contributed by atoms with Crippen molar-refractivity contribution in [2.75, 3.05) is 6.54 Å². The van der Waals surface area contributed by atoms with Gasteiger partial charge < -0.3 is 0 Å². The molecule has 0 saturated carbocycles. The molecule has 1 unspecified atom stereocenters. The number of piperidine rings is 1. The number of nitrogens with zero attached hydrogens (tertiary/aromatic N) is 1. The third-order valence-corrected chi connectivity index (χ3v) is 6.71. The molecule has 0 N–H and O–H groups in total. The molecule has 1 saturated heterocycles. The van der Waals surface area contributed by atoms with Gasteiger partial charge in [0.05, 0.1) is 4.90 Å². The van der Waals surface area contributed by atoms with Crippen molar-refractivity contribution in [2.45, 2.75) is 37.1 Å². The monoisotopic (exact) mass is 395 g/mol. The lowest BCUT2D eigenvalue weighted by Gasteiger charge is -2.32. The summed E-state index contributed by atoms with van der Waals surface area (Å²) in [6.07, 6.45) is 2.99. The quantitative estimate of drug-likeness (QED) is 0.762. The molecule has 0 bridgehead atoms. The van der Waals surface area contributed by atoms with Crippen LogP contribution in [-0.4, -0.2) is 25.3 Å². The summed E-state index contributed by atoms with van der Waals surface area (Å²) in [6, 6.07) is 5.25. The smallest absolute Gasteiger partial charge is 0.207 e. The topological polar surface area (TPSA) is 37.4 Å². The molecular formula is C12H15Br2NO2S. The van der Waals surface area contributed by atoms with Crippen LogP contribution in [0.3, 0.4) is 0 Å². The van der Waals surface area contributed by atoms with Crippen LogP contribution in [0.1, 0.15) is 26.2 Å². The van der Waals surface area contributed by atoms with Crippen LogP contribution in [0, 0.1) is 0 Å². The minimum absolute atomic E-state index is 0.0827. The molecule has 0 aliphatic carbocycles. The molecule has 0 spiro atoms. The predicted octanol–water partition coefficient (Wildman–Crippen LogP) is 3.77.